The Morgan fingerprint density at radius 3 is 2.86 bits per heavy atom. The molecule has 0 amide bonds. The maximum atomic E-state index is 12.1. The van der Waals surface area contributed by atoms with E-state index in [1.807, 2.05) is 41.1 Å². The number of ketones is 1. The van der Waals surface area contributed by atoms with Crippen LogP contribution in [0.4, 0.5) is 5.95 Å². The van der Waals surface area contributed by atoms with Crippen LogP contribution in [0, 0.1) is 0 Å². The van der Waals surface area contributed by atoms with E-state index in [0.717, 1.165) is 35.3 Å². The van der Waals surface area contributed by atoms with Crippen molar-refractivity contribution in [1.82, 2.24) is 19.9 Å². The van der Waals surface area contributed by atoms with Crippen LogP contribution in [0.25, 0.3) is 16.7 Å². The Morgan fingerprint density at radius 2 is 2.11 bits per heavy atom. The number of para-hydroxylation sites is 1. The third-order valence-corrected chi connectivity index (χ3v) is 5.08. The van der Waals surface area contributed by atoms with Crippen LogP contribution in [-0.4, -0.2) is 31.9 Å². The van der Waals surface area contributed by atoms with Gasteiger partial charge in [0.1, 0.15) is 5.82 Å². The first-order chi connectivity index (χ1) is 13.3. The number of fused-ring (bicyclic) bond motifs is 1. The second-order valence-electron chi connectivity index (χ2n) is 8.09. The summed E-state index contributed by atoms with van der Waals surface area (Å²) in [5.74, 6) is 1.35. The Labute approximate surface area is 164 Å². The van der Waals surface area contributed by atoms with E-state index in [9.17, 15) is 4.79 Å². The van der Waals surface area contributed by atoms with Crippen LogP contribution >= 0.6 is 0 Å². The van der Waals surface area contributed by atoms with Crippen molar-refractivity contribution in [3.63, 3.8) is 0 Å². The molecular weight excluding hydrogens is 350 g/mol. The summed E-state index contributed by atoms with van der Waals surface area (Å²) in [5, 5.41) is 7.81. The summed E-state index contributed by atoms with van der Waals surface area (Å²) in [6.45, 7) is 10.0. The van der Waals surface area contributed by atoms with Gasteiger partial charge in [-0.1, -0.05) is 24.8 Å². The Kier molecular flexibility index (Phi) is 4.41. The van der Waals surface area contributed by atoms with Crippen LogP contribution in [0.2, 0.25) is 0 Å². The van der Waals surface area contributed by atoms with E-state index in [-0.39, 0.29) is 17.4 Å². The molecule has 28 heavy (non-hydrogen) atoms. The number of hydrogen-bond acceptors (Lipinski definition) is 5. The number of carbonyl (C=O) groups excluding carboxylic acids is 1. The van der Waals surface area contributed by atoms with Gasteiger partial charge in [0, 0.05) is 47.0 Å². The Hall–Kier alpha value is -3.15. The molecule has 0 saturated carbocycles. The fraction of sp³-hybridized carbons (Fsp3) is 0.318. The van der Waals surface area contributed by atoms with Gasteiger partial charge < -0.3 is 15.2 Å². The van der Waals surface area contributed by atoms with Crippen LogP contribution in [0.5, 0.6) is 0 Å². The number of hydrogen-bond donors (Lipinski definition) is 2. The highest BCUT2D eigenvalue weighted by molar-refractivity contribution is 6.07. The van der Waals surface area contributed by atoms with Crippen molar-refractivity contribution in [3.8, 4) is 5.82 Å². The first-order valence-corrected chi connectivity index (χ1v) is 9.49. The predicted octanol–water partition coefficient (Wildman–Crippen LogP) is 4.08. The van der Waals surface area contributed by atoms with Gasteiger partial charge in [0.05, 0.1) is 5.52 Å². The second kappa shape index (κ2) is 6.78. The lowest BCUT2D eigenvalue weighted by atomic mass is 9.88. The lowest BCUT2D eigenvalue weighted by molar-refractivity contribution is 0.101. The number of benzene rings is 1. The van der Waals surface area contributed by atoms with Gasteiger partial charge in [-0.05, 0) is 39.3 Å². The molecule has 1 unspecified atom stereocenters. The highest BCUT2D eigenvalue weighted by Crippen LogP contribution is 2.27. The molecule has 0 radical (unpaired) electrons. The molecule has 4 rings (SSSR count). The van der Waals surface area contributed by atoms with Crippen LogP contribution < -0.4 is 10.6 Å². The second-order valence-corrected chi connectivity index (χ2v) is 8.09. The molecule has 3 heterocycles. The minimum Gasteiger partial charge on any atom is -0.384 e. The standard InChI is InChI=1S/C22H25N5O/c1-14-11-16(12-22(3,4)26-14)24-21-23-10-9-20(25-21)27-13-18(15(2)28)17-7-5-6-8-19(17)27/h5-10,13,16,26H,1,11-12H2,2-4H3,(H,23,24,25). The molecule has 1 aliphatic heterocycles. The third-order valence-electron chi connectivity index (χ3n) is 5.08. The molecule has 1 aromatic carbocycles. The van der Waals surface area contributed by atoms with Gasteiger partial charge in [0.15, 0.2) is 5.78 Å². The number of carbonyl (C=O) groups is 1. The predicted molar refractivity (Wildman–Crippen MR) is 112 cm³/mol. The fourth-order valence-electron chi connectivity index (χ4n) is 4.05. The van der Waals surface area contributed by atoms with Crippen molar-refractivity contribution in [2.24, 2.45) is 0 Å². The van der Waals surface area contributed by atoms with Gasteiger partial charge >= 0.3 is 0 Å². The molecule has 6 heteroatoms. The first-order valence-electron chi connectivity index (χ1n) is 9.49. The van der Waals surface area contributed by atoms with Crippen molar-refractivity contribution in [2.45, 2.75) is 45.2 Å². The average Bonchev–Trinajstić information content (AvgIpc) is 3.00. The van der Waals surface area contributed by atoms with Crippen LogP contribution in [-0.2, 0) is 0 Å². The van der Waals surface area contributed by atoms with E-state index in [2.05, 4.69) is 36.0 Å². The van der Waals surface area contributed by atoms with Crippen molar-refractivity contribution in [3.05, 3.63) is 60.6 Å². The molecular formula is C22H25N5O. The smallest absolute Gasteiger partial charge is 0.224 e. The summed E-state index contributed by atoms with van der Waals surface area (Å²) in [6.07, 6.45) is 5.38. The number of aromatic nitrogens is 3. The zero-order valence-corrected chi connectivity index (χ0v) is 16.5. The molecule has 2 aromatic heterocycles. The van der Waals surface area contributed by atoms with Crippen molar-refractivity contribution >= 4 is 22.6 Å². The number of piperidine rings is 1. The van der Waals surface area contributed by atoms with E-state index in [1.165, 1.54) is 0 Å². The van der Waals surface area contributed by atoms with Crippen LogP contribution in [0.1, 0.15) is 44.0 Å². The Morgan fingerprint density at radius 1 is 1.32 bits per heavy atom. The lowest BCUT2D eigenvalue weighted by Crippen LogP contribution is -2.48. The zero-order chi connectivity index (χ0) is 19.9. The van der Waals surface area contributed by atoms with E-state index in [0.29, 0.717) is 11.5 Å². The molecule has 1 fully saturated rings. The van der Waals surface area contributed by atoms with E-state index >= 15 is 0 Å². The summed E-state index contributed by atoms with van der Waals surface area (Å²) < 4.78 is 1.95. The zero-order valence-electron chi connectivity index (χ0n) is 16.5. The van der Waals surface area contributed by atoms with Gasteiger partial charge in [-0.3, -0.25) is 4.79 Å². The number of anilines is 1. The fourth-order valence-corrected chi connectivity index (χ4v) is 4.05. The van der Waals surface area contributed by atoms with Gasteiger partial charge in [0.2, 0.25) is 5.95 Å². The Bertz CT molecular complexity index is 1070. The van der Waals surface area contributed by atoms with Gasteiger partial charge in [-0.25, -0.2) is 4.98 Å². The summed E-state index contributed by atoms with van der Waals surface area (Å²) in [4.78, 5) is 21.2. The summed E-state index contributed by atoms with van der Waals surface area (Å²) >= 11 is 0. The largest absolute Gasteiger partial charge is 0.384 e. The monoisotopic (exact) mass is 375 g/mol. The molecule has 6 nitrogen and oxygen atoms in total. The number of nitrogens with zero attached hydrogens (tertiary/aromatic N) is 3. The van der Waals surface area contributed by atoms with Gasteiger partial charge in [-0.15, -0.1) is 0 Å². The van der Waals surface area contributed by atoms with E-state index < -0.39 is 0 Å². The maximum absolute atomic E-state index is 12.1. The minimum absolute atomic E-state index is 0.0162. The molecule has 1 atom stereocenters. The SMILES string of the molecule is C=C1CC(Nc2nccc(-n3cc(C(C)=O)c4ccccc43)n2)CC(C)(C)N1. The number of rotatable bonds is 4. The minimum atomic E-state index is -0.0162. The molecule has 1 saturated heterocycles. The highest BCUT2D eigenvalue weighted by Gasteiger charge is 2.29. The summed E-state index contributed by atoms with van der Waals surface area (Å²) in [6, 6.07) is 9.94. The summed E-state index contributed by atoms with van der Waals surface area (Å²) in [5.41, 5.74) is 2.65. The van der Waals surface area contributed by atoms with Crippen molar-refractivity contribution in [2.75, 3.05) is 5.32 Å². The molecule has 144 valence electrons. The van der Waals surface area contributed by atoms with E-state index in [4.69, 9.17) is 4.98 Å². The molecule has 1 aliphatic rings. The highest BCUT2D eigenvalue weighted by atomic mass is 16.1. The topological polar surface area (TPSA) is 71.8 Å². The Balaban J connectivity index is 1.67. The van der Waals surface area contributed by atoms with E-state index in [1.54, 1.807) is 13.1 Å². The maximum Gasteiger partial charge on any atom is 0.224 e. The van der Waals surface area contributed by atoms with Crippen LogP contribution in [0.15, 0.2) is 55.0 Å². The molecule has 3 aromatic rings. The molecule has 0 spiro atoms. The number of nitrogens with one attached hydrogen (secondary N) is 2. The first kappa shape index (κ1) is 18.2. The molecule has 2 N–H and O–H groups in total. The van der Waals surface area contributed by atoms with Crippen LogP contribution in [0.3, 0.4) is 0 Å². The average molecular weight is 375 g/mol. The molecule has 0 aliphatic carbocycles. The normalized spacial score (nSPS) is 18.7. The quantitative estimate of drug-likeness (QED) is 0.672. The number of Topliss-reactive ketones (excluding diaryl/α,β-unsaturated/α-hetero) is 1. The van der Waals surface area contributed by atoms with Crippen molar-refractivity contribution < 1.29 is 4.79 Å². The van der Waals surface area contributed by atoms with Crippen molar-refractivity contribution in [1.29, 1.82) is 0 Å². The lowest BCUT2D eigenvalue weighted by Gasteiger charge is -2.38. The third kappa shape index (κ3) is 3.50. The summed E-state index contributed by atoms with van der Waals surface area (Å²) in [7, 11) is 0. The molecule has 0 bridgehead atoms. The van der Waals surface area contributed by atoms with Gasteiger partial charge in [-0.2, -0.15) is 4.98 Å². The van der Waals surface area contributed by atoms with Gasteiger partial charge in [0.25, 0.3) is 0 Å².